The highest BCUT2D eigenvalue weighted by Crippen LogP contribution is 2.25. The minimum absolute atomic E-state index is 0. The van der Waals surface area contributed by atoms with Crippen LogP contribution in [0.4, 0.5) is 0 Å². The molecule has 5 heteroatoms. The van der Waals surface area contributed by atoms with Gasteiger partial charge < -0.3 is 10.6 Å². The number of nitrogens with one attached hydrogen (secondary N) is 2. The molecule has 0 aromatic heterocycles. The maximum Gasteiger partial charge on any atom is 0.233 e. The van der Waals surface area contributed by atoms with Gasteiger partial charge in [-0.2, -0.15) is 0 Å². The zero-order valence-electron chi connectivity index (χ0n) is 12.3. The quantitative estimate of drug-likeness (QED) is 0.623. The van der Waals surface area contributed by atoms with Crippen molar-refractivity contribution in [3.05, 3.63) is 42.0 Å². The normalized spacial score (nSPS) is 15.6. The fourth-order valence-corrected chi connectivity index (χ4v) is 3.13. The largest absolute Gasteiger partial charge is 0.351 e. The topological polar surface area (TPSA) is 41.1 Å². The van der Waals surface area contributed by atoms with Crippen molar-refractivity contribution >= 4 is 30.1 Å². The van der Waals surface area contributed by atoms with Gasteiger partial charge in [-0.1, -0.05) is 36.8 Å². The Bertz CT molecular complexity index is 465. The maximum atomic E-state index is 12.2. The molecule has 0 aliphatic carbocycles. The number of hydrogen-bond acceptors (Lipinski definition) is 3. The van der Waals surface area contributed by atoms with Gasteiger partial charge in [0.1, 0.15) is 0 Å². The number of hydrogen-bond donors (Lipinski definition) is 2. The third-order valence-corrected chi connectivity index (χ3v) is 4.71. The van der Waals surface area contributed by atoms with Crippen molar-refractivity contribution in [2.75, 3.05) is 19.6 Å². The number of carbonyl (C=O) groups excluding carboxylic acids is 1. The number of halogens is 1. The Morgan fingerprint density at radius 2 is 2.14 bits per heavy atom. The average molecular weight is 327 g/mol. The Hall–Kier alpha value is -0.970. The van der Waals surface area contributed by atoms with E-state index < -0.39 is 0 Å². The summed E-state index contributed by atoms with van der Waals surface area (Å²) in [7, 11) is 0. The molecule has 2 N–H and O–H groups in total. The number of amides is 1. The molecule has 1 aromatic carbocycles. The zero-order chi connectivity index (χ0) is 14.2. The van der Waals surface area contributed by atoms with Crippen LogP contribution in [0.15, 0.2) is 46.9 Å². The third kappa shape index (κ3) is 6.12. The van der Waals surface area contributed by atoms with Crippen molar-refractivity contribution in [2.45, 2.75) is 29.9 Å². The van der Waals surface area contributed by atoms with Crippen LogP contribution >= 0.6 is 24.2 Å². The Labute approximate surface area is 137 Å². The predicted molar refractivity (Wildman–Crippen MR) is 92.2 cm³/mol. The average Bonchev–Trinajstić information content (AvgIpc) is 2.52. The molecule has 1 aliphatic heterocycles. The first-order valence-corrected chi connectivity index (χ1v) is 8.05. The van der Waals surface area contributed by atoms with Gasteiger partial charge >= 0.3 is 0 Å². The fourth-order valence-electron chi connectivity index (χ4n) is 2.13. The molecular formula is C16H23ClN2OS. The molecule has 1 aliphatic rings. The van der Waals surface area contributed by atoms with Crippen molar-refractivity contribution in [3.63, 3.8) is 0 Å². The predicted octanol–water partition coefficient (Wildman–Crippen LogP) is 3.02. The van der Waals surface area contributed by atoms with Crippen LogP contribution in [0.1, 0.15) is 19.8 Å². The molecule has 0 fully saturated rings. The fraction of sp³-hybridized carbons (Fsp3) is 0.438. The van der Waals surface area contributed by atoms with Gasteiger partial charge in [-0.15, -0.1) is 24.2 Å². The van der Waals surface area contributed by atoms with Crippen molar-refractivity contribution in [1.82, 2.24) is 10.6 Å². The summed E-state index contributed by atoms with van der Waals surface area (Å²) in [5, 5.41) is 6.33. The summed E-state index contributed by atoms with van der Waals surface area (Å²) in [5.41, 5.74) is 1.33. The highest BCUT2D eigenvalue weighted by Gasteiger charge is 2.17. The summed E-state index contributed by atoms with van der Waals surface area (Å²) in [6.07, 6.45) is 4.05. The second-order valence-electron chi connectivity index (χ2n) is 4.86. The molecule has 1 aromatic rings. The molecule has 1 amide bonds. The summed E-state index contributed by atoms with van der Waals surface area (Å²) < 4.78 is 0. The smallest absolute Gasteiger partial charge is 0.233 e. The number of thioether (sulfide) groups is 1. The van der Waals surface area contributed by atoms with Crippen LogP contribution in [-0.4, -0.2) is 30.8 Å². The zero-order valence-corrected chi connectivity index (χ0v) is 13.9. The summed E-state index contributed by atoms with van der Waals surface area (Å²) in [5.74, 6) is 0.140. The molecule has 0 bridgehead atoms. The van der Waals surface area contributed by atoms with Gasteiger partial charge in [-0.3, -0.25) is 4.79 Å². The van der Waals surface area contributed by atoms with E-state index in [-0.39, 0.29) is 23.6 Å². The van der Waals surface area contributed by atoms with E-state index in [1.807, 2.05) is 18.2 Å². The minimum atomic E-state index is -0.0142. The van der Waals surface area contributed by atoms with Gasteiger partial charge in [-0.25, -0.2) is 0 Å². The number of rotatable bonds is 6. The number of carbonyl (C=O) groups is 1. The first-order valence-electron chi connectivity index (χ1n) is 7.17. The van der Waals surface area contributed by atoms with E-state index in [1.165, 1.54) is 5.57 Å². The molecule has 2 rings (SSSR count). The van der Waals surface area contributed by atoms with Crippen molar-refractivity contribution in [3.8, 4) is 0 Å². The highest BCUT2D eigenvalue weighted by molar-refractivity contribution is 8.00. The molecule has 0 saturated heterocycles. The van der Waals surface area contributed by atoms with Crippen molar-refractivity contribution < 1.29 is 4.79 Å². The summed E-state index contributed by atoms with van der Waals surface area (Å²) in [6, 6.07) is 10.1. The molecule has 1 atom stereocenters. The highest BCUT2D eigenvalue weighted by atomic mass is 35.5. The van der Waals surface area contributed by atoms with E-state index in [1.54, 1.807) is 11.8 Å². The van der Waals surface area contributed by atoms with Crippen molar-refractivity contribution in [2.24, 2.45) is 0 Å². The molecular weight excluding hydrogens is 304 g/mol. The summed E-state index contributed by atoms with van der Waals surface area (Å²) >= 11 is 1.64. The van der Waals surface area contributed by atoms with Gasteiger partial charge in [0.15, 0.2) is 0 Å². The molecule has 0 radical (unpaired) electrons. The molecule has 3 nitrogen and oxygen atoms in total. The van der Waals surface area contributed by atoms with Gasteiger partial charge in [-0.05, 0) is 31.5 Å². The summed E-state index contributed by atoms with van der Waals surface area (Å²) in [4.78, 5) is 13.4. The van der Waals surface area contributed by atoms with Gasteiger partial charge in [0, 0.05) is 18.0 Å². The first-order chi connectivity index (χ1) is 9.79. The molecule has 0 saturated carbocycles. The molecule has 1 unspecified atom stereocenters. The van der Waals surface area contributed by atoms with E-state index >= 15 is 0 Å². The SMILES string of the molecule is CCC(Sc1ccccc1)C(=O)NCC1=CCNCC1.Cl. The minimum Gasteiger partial charge on any atom is -0.351 e. The van der Waals surface area contributed by atoms with Crippen LogP contribution in [0.2, 0.25) is 0 Å². The Morgan fingerprint density at radius 1 is 1.38 bits per heavy atom. The molecule has 1 heterocycles. The van der Waals surface area contributed by atoms with Crippen molar-refractivity contribution in [1.29, 1.82) is 0 Å². The van der Waals surface area contributed by atoms with E-state index in [9.17, 15) is 4.79 Å². The standard InChI is InChI=1S/C16H22N2OS.ClH/c1-2-15(20-14-6-4-3-5-7-14)16(19)18-12-13-8-10-17-11-9-13;/h3-8,15,17H,2,9-12H2,1H3,(H,18,19);1H. The van der Waals surface area contributed by atoms with E-state index in [0.717, 1.165) is 30.8 Å². The Morgan fingerprint density at radius 3 is 2.76 bits per heavy atom. The van der Waals surface area contributed by atoms with E-state index in [4.69, 9.17) is 0 Å². The maximum absolute atomic E-state index is 12.2. The molecule has 21 heavy (non-hydrogen) atoms. The van der Waals surface area contributed by atoms with Gasteiger partial charge in [0.2, 0.25) is 5.91 Å². The molecule has 116 valence electrons. The lowest BCUT2D eigenvalue weighted by Crippen LogP contribution is -2.35. The van der Waals surface area contributed by atoms with Crippen LogP contribution in [0.25, 0.3) is 0 Å². The second-order valence-corrected chi connectivity index (χ2v) is 6.14. The monoisotopic (exact) mass is 326 g/mol. The van der Waals surface area contributed by atoms with Crippen LogP contribution < -0.4 is 10.6 Å². The van der Waals surface area contributed by atoms with E-state index in [0.29, 0.717) is 6.54 Å². The lowest BCUT2D eigenvalue weighted by molar-refractivity contribution is -0.120. The van der Waals surface area contributed by atoms with Gasteiger partial charge in [0.25, 0.3) is 0 Å². The first kappa shape index (κ1) is 18.1. The lowest BCUT2D eigenvalue weighted by Gasteiger charge is -2.18. The van der Waals surface area contributed by atoms with Crippen LogP contribution in [0, 0.1) is 0 Å². The Balaban J connectivity index is 0.00000220. The second kappa shape index (κ2) is 9.87. The lowest BCUT2D eigenvalue weighted by atomic mass is 10.1. The van der Waals surface area contributed by atoms with Crippen LogP contribution in [-0.2, 0) is 4.79 Å². The summed E-state index contributed by atoms with van der Waals surface area (Å²) in [6.45, 7) is 4.68. The Kier molecular flexibility index (Phi) is 8.50. The van der Waals surface area contributed by atoms with E-state index in [2.05, 4.69) is 35.8 Å². The molecule has 0 spiro atoms. The van der Waals surface area contributed by atoms with Gasteiger partial charge in [0.05, 0.1) is 5.25 Å². The third-order valence-electron chi connectivity index (χ3n) is 3.33. The van der Waals surface area contributed by atoms with Crippen LogP contribution in [0.3, 0.4) is 0 Å². The van der Waals surface area contributed by atoms with Crippen LogP contribution in [0.5, 0.6) is 0 Å². The number of benzene rings is 1.